The average molecular weight is 473 g/mol. The molecule has 2 aliphatic rings. The third-order valence-electron chi connectivity index (χ3n) is 5.27. The van der Waals surface area contributed by atoms with Crippen molar-refractivity contribution in [1.29, 1.82) is 0 Å². The van der Waals surface area contributed by atoms with Gasteiger partial charge in [-0.25, -0.2) is 0 Å². The number of fused-ring (bicyclic) bond motifs is 1. The summed E-state index contributed by atoms with van der Waals surface area (Å²) in [6.07, 6.45) is 5.40. The van der Waals surface area contributed by atoms with Crippen LogP contribution in [0, 0.1) is 17.8 Å². The lowest BCUT2D eigenvalue weighted by Gasteiger charge is -2.53. The Labute approximate surface area is 192 Å². The SMILES string of the molecule is C#CCn1nnc(SCC2(C(=O)O)CS[C@@H]3C(NC(=O)Cc4ccccc4)C(=O)N3C2)n1. The number of β-lactam (4-membered cyclic amide) rings is 1. The van der Waals surface area contributed by atoms with Gasteiger partial charge < -0.3 is 15.3 Å². The van der Waals surface area contributed by atoms with Crippen molar-refractivity contribution in [1.82, 2.24) is 30.4 Å². The fourth-order valence-corrected chi connectivity index (χ4v) is 6.19. The molecule has 1 aromatic carbocycles. The van der Waals surface area contributed by atoms with E-state index in [9.17, 15) is 19.5 Å². The summed E-state index contributed by atoms with van der Waals surface area (Å²) < 4.78 is 0. The molecule has 1 aromatic heterocycles. The molecule has 10 nitrogen and oxygen atoms in total. The van der Waals surface area contributed by atoms with Crippen LogP contribution in [-0.4, -0.2) is 77.5 Å². The van der Waals surface area contributed by atoms with Gasteiger partial charge >= 0.3 is 5.97 Å². The van der Waals surface area contributed by atoms with E-state index in [2.05, 4.69) is 26.6 Å². The van der Waals surface area contributed by atoms with Crippen LogP contribution < -0.4 is 5.32 Å². The fourth-order valence-electron chi connectivity index (χ4n) is 3.55. The highest BCUT2D eigenvalue weighted by molar-refractivity contribution is 8.00. The topological polar surface area (TPSA) is 130 Å². The first-order chi connectivity index (χ1) is 15.4. The smallest absolute Gasteiger partial charge is 0.313 e. The number of tetrazole rings is 1. The number of benzene rings is 1. The Bertz CT molecular complexity index is 1070. The van der Waals surface area contributed by atoms with Crippen LogP contribution in [0.4, 0.5) is 0 Å². The molecular formula is C20H20N6O4S2. The van der Waals surface area contributed by atoms with Crippen molar-refractivity contribution < 1.29 is 19.5 Å². The van der Waals surface area contributed by atoms with E-state index in [0.29, 0.717) is 10.9 Å². The van der Waals surface area contributed by atoms with Gasteiger partial charge in [0.1, 0.15) is 23.4 Å². The monoisotopic (exact) mass is 472 g/mol. The van der Waals surface area contributed by atoms with E-state index in [4.69, 9.17) is 6.42 Å². The van der Waals surface area contributed by atoms with E-state index in [1.807, 2.05) is 30.3 Å². The van der Waals surface area contributed by atoms with Crippen molar-refractivity contribution in [2.45, 2.75) is 29.5 Å². The number of hydrogen-bond donors (Lipinski definition) is 2. The molecule has 166 valence electrons. The summed E-state index contributed by atoms with van der Waals surface area (Å²) >= 11 is 2.53. The van der Waals surface area contributed by atoms with Gasteiger partial charge in [-0.2, -0.15) is 4.80 Å². The van der Waals surface area contributed by atoms with Crippen LogP contribution in [0.15, 0.2) is 35.5 Å². The van der Waals surface area contributed by atoms with Crippen molar-refractivity contribution in [3.05, 3.63) is 35.9 Å². The number of nitrogens with one attached hydrogen (secondary N) is 1. The Morgan fingerprint density at radius 3 is 2.88 bits per heavy atom. The zero-order chi connectivity index (χ0) is 22.7. The van der Waals surface area contributed by atoms with Crippen LogP contribution >= 0.6 is 23.5 Å². The maximum Gasteiger partial charge on any atom is 0.313 e. The summed E-state index contributed by atoms with van der Waals surface area (Å²) in [5, 5.41) is 24.6. The first kappa shape index (κ1) is 22.2. The molecule has 12 heteroatoms. The first-order valence-corrected chi connectivity index (χ1v) is 11.8. The van der Waals surface area contributed by atoms with E-state index >= 15 is 0 Å². The molecule has 3 atom stereocenters. The predicted octanol–water partition coefficient (Wildman–Crippen LogP) is 0.112. The third kappa shape index (κ3) is 4.44. The number of carbonyl (C=O) groups is 3. The minimum Gasteiger partial charge on any atom is -0.481 e. The minimum absolute atomic E-state index is 0.0649. The lowest BCUT2D eigenvalue weighted by atomic mass is 9.89. The second-order valence-electron chi connectivity index (χ2n) is 7.56. The van der Waals surface area contributed by atoms with Crippen molar-refractivity contribution in [2.75, 3.05) is 18.1 Å². The zero-order valence-corrected chi connectivity index (χ0v) is 18.5. The number of nitrogens with zero attached hydrogens (tertiary/aromatic N) is 5. The quantitative estimate of drug-likeness (QED) is 0.312. The van der Waals surface area contributed by atoms with Gasteiger partial charge in [-0.15, -0.1) is 28.4 Å². The molecule has 32 heavy (non-hydrogen) atoms. The van der Waals surface area contributed by atoms with Crippen LogP contribution in [0.5, 0.6) is 0 Å². The summed E-state index contributed by atoms with van der Waals surface area (Å²) in [7, 11) is 0. The Hall–Kier alpha value is -3.04. The van der Waals surface area contributed by atoms with Gasteiger partial charge in [-0.1, -0.05) is 48.0 Å². The van der Waals surface area contributed by atoms with Gasteiger partial charge in [0.2, 0.25) is 17.0 Å². The Balaban J connectivity index is 1.35. The fraction of sp³-hybridized carbons (Fsp3) is 0.400. The second kappa shape index (κ2) is 9.22. The zero-order valence-electron chi connectivity index (χ0n) is 16.9. The summed E-state index contributed by atoms with van der Waals surface area (Å²) in [4.78, 5) is 39.9. The number of carboxylic acid groups (broad SMARTS) is 1. The van der Waals surface area contributed by atoms with Crippen molar-refractivity contribution in [3.8, 4) is 12.3 Å². The molecule has 2 aliphatic heterocycles. The van der Waals surface area contributed by atoms with Gasteiger partial charge in [0, 0.05) is 18.1 Å². The molecule has 2 fully saturated rings. The van der Waals surface area contributed by atoms with Crippen molar-refractivity contribution in [3.63, 3.8) is 0 Å². The molecular weight excluding hydrogens is 452 g/mol. The molecule has 3 heterocycles. The number of terminal acetylenes is 1. The number of amides is 2. The molecule has 0 bridgehead atoms. The Morgan fingerprint density at radius 1 is 1.38 bits per heavy atom. The highest BCUT2D eigenvalue weighted by atomic mass is 32.2. The first-order valence-electron chi connectivity index (χ1n) is 9.75. The third-order valence-corrected chi connectivity index (χ3v) is 7.97. The largest absolute Gasteiger partial charge is 0.481 e. The number of aromatic nitrogens is 4. The molecule has 2 amide bonds. The number of carbonyl (C=O) groups excluding carboxylic acids is 2. The lowest BCUT2D eigenvalue weighted by molar-refractivity contribution is -0.157. The van der Waals surface area contributed by atoms with Crippen molar-refractivity contribution >= 4 is 41.3 Å². The number of aliphatic carboxylic acids is 1. The highest BCUT2D eigenvalue weighted by Crippen LogP contribution is 2.44. The van der Waals surface area contributed by atoms with E-state index in [-0.39, 0.29) is 42.5 Å². The summed E-state index contributed by atoms with van der Waals surface area (Å²) in [5.74, 6) is 1.39. The number of hydrogen-bond acceptors (Lipinski definition) is 8. The standard InChI is InChI=1S/C20H20N6O4S2/c1-2-8-26-23-19(22-24-26)32-12-20(18(29)30)10-25-16(28)15(17(25)31-11-20)21-14(27)9-13-6-4-3-5-7-13/h1,3-7,15,17H,8-12H2,(H,21,27)(H,29,30)/t15?,17-,20?/m1/s1. The Morgan fingerprint density at radius 2 is 2.16 bits per heavy atom. The lowest BCUT2D eigenvalue weighted by Crippen LogP contribution is -2.74. The average Bonchev–Trinajstić information content (AvgIpc) is 3.24. The highest BCUT2D eigenvalue weighted by Gasteiger charge is 2.57. The van der Waals surface area contributed by atoms with Gasteiger partial charge in [0.15, 0.2) is 0 Å². The molecule has 2 aromatic rings. The molecule has 2 unspecified atom stereocenters. The van der Waals surface area contributed by atoms with Crippen molar-refractivity contribution in [2.24, 2.45) is 5.41 Å². The van der Waals surface area contributed by atoms with Gasteiger partial charge in [-0.3, -0.25) is 14.4 Å². The van der Waals surface area contributed by atoms with Crippen LogP contribution in [0.1, 0.15) is 5.56 Å². The van der Waals surface area contributed by atoms with Crippen LogP contribution in [0.3, 0.4) is 0 Å². The molecule has 4 rings (SSSR count). The van der Waals surface area contributed by atoms with E-state index in [1.165, 1.54) is 33.2 Å². The number of rotatable bonds is 8. The summed E-state index contributed by atoms with van der Waals surface area (Å²) in [6, 6.07) is 8.64. The second-order valence-corrected chi connectivity index (χ2v) is 9.60. The van der Waals surface area contributed by atoms with E-state index < -0.39 is 17.4 Å². The molecule has 0 spiro atoms. The number of carboxylic acids is 1. The normalized spacial score (nSPS) is 24.2. The Kier molecular flexibility index (Phi) is 6.38. The predicted molar refractivity (Wildman–Crippen MR) is 117 cm³/mol. The summed E-state index contributed by atoms with van der Waals surface area (Å²) in [6.45, 7) is 0.240. The molecule has 0 radical (unpaired) electrons. The number of thioether (sulfide) groups is 2. The molecule has 0 aliphatic carbocycles. The van der Waals surface area contributed by atoms with Gasteiger partial charge in [-0.05, 0) is 10.8 Å². The molecule has 2 saturated heterocycles. The molecule has 2 N–H and O–H groups in total. The van der Waals surface area contributed by atoms with Crippen LogP contribution in [0.2, 0.25) is 0 Å². The molecule has 0 saturated carbocycles. The maximum atomic E-state index is 12.7. The maximum absolute atomic E-state index is 12.7. The van der Waals surface area contributed by atoms with E-state index in [0.717, 1.165) is 5.56 Å². The van der Waals surface area contributed by atoms with Gasteiger partial charge in [0.05, 0.1) is 6.42 Å². The van der Waals surface area contributed by atoms with Crippen LogP contribution in [0.25, 0.3) is 0 Å². The minimum atomic E-state index is -1.15. The summed E-state index contributed by atoms with van der Waals surface area (Å²) in [5.41, 5.74) is -0.294. The van der Waals surface area contributed by atoms with Crippen LogP contribution in [-0.2, 0) is 27.3 Å². The van der Waals surface area contributed by atoms with E-state index in [1.54, 1.807) is 0 Å². The van der Waals surface area contributed by atoms with Gasteiger partial charge in [0.25, 0.3) is 0 Å².